The average molecular weight is 294 g/mol. The first-order chi connectivity index (χ1) is 9.76. The van der Waals surface area contributed by atoms with Crippen LogP contribution in [0, 0.1) is 0 Å². The van der Waals surface area contributed by atoms with E-state index in [2.05, 4.69) is 28.1 Å². The van der Waals surface area contributed by atoms with Gasteiger partial charge in [0.25, 0.3) is 0 Å². The fourth-order valence-corrected chi connectivity index (χ4v) is 2.34. The van der Waals surface area contributed by atoms with Gasteiger partial charge in [0, 0.05) is 18.0 Å². The molecule has 1 aromatic carbocycles. The lowest BCUT2D eigenvalue weighted by Crippen LogP contribution is -2.43. The Balaban J connectivity index is 2.35. The Hall–Kier alpha value is -1.69. The maximum Gasteiger partial charge on any atom is 0.337 e. The van der Waals surface area contributed by atoms with Gasteiger partial charge in [0.1, 0.15) is 0 Å². The van der Waals surface area contributed by atoms with Crippen LogP contribution in [0.25, 0.3) is 0 Å². The molecule has 0 saturated heterocycles. The maximum atomic E-state index is 11.7. The molecule has 0 aromatic heterocycles. The fraction of sp³-hybridized carbons (Fsp3) is 0.429. The van der Waals surface area contributed by atoms with Gasteiger partial charge in [-0.3, -0.25) is 10.4 Å². The number of urea groups is 1. The van der Waals surface area contributed by atoms with Crippen LogP contribution in [0.3, 0.4) is 0 Å². The van der Waals surface area contributed by atoms with E-state index < -0.39 is 0 Å². The predicted octanol–water partition coefficient (Wildman–Crippen LogP) is 3.22. The second kappa shape index (κ2) is 10.1. The number of benzene rings is 1. The average Bonchev–Trinajstić information content (AvgIpc) is 2.46. The summed E-state index contributed by atoms with van der Waals surface area (Å²) in [5.74, 6) is 0.990. The summed E-state index contributed by atoms with van der Waals surface area (Å²) >= 11 is 1.62. The Morgan fingerprint density at radius 1 is 1.20 bits per heavy atom. The Bertz CT molecular complexity index is 422. The molecule has 0 saturated carbocycles. The van der Waals surface area contributed by atoms with Crippen molar-refractivity contribution in [2.45, 2.75) is 26.7 Å². The number of nitrogens with zero attached hydrogens (tertiary/aromatic N) is 1. The number of amidine groups is 1. The summed E-state index contributed by atoms with van der Waals surface area (Å²) in [5, 5.41) is 3.47. The monoisotopic (exact) mass is 294 g/mol. The molecular weight excluding hydrogens is 272 g/mol. The van der Waals surface area contributed by atoms with Gasteiger partial charge in [-0.1, -0.05) is 43.3 Å². The Morgan fingerprint density at radius 3 is 2.60 bits per heavy atom. The number of thioether (sulfide) groups is 1. The summed E-state index contributed by atoms with van der Waals surface area (Å²) in [5.41, 5.74) is 6.19. The van der Waals surface area contributed by atoms with Gasteiger partial charge >= 0.3 is 6.03 Å². The molecule has 0 fully saturated rings. The van der Waals surface area contributed by atoms with Gasteiger partial charge in [0.15, 0.2) is 5.17 Å². The molecule has 0 spiro atoms. The van der Waals surface area contributed by atoms with Gasteiger partial charge in [0.2, 0.25) is 0 Å². The van der Waals surface area contributed by atoms with E-state index in [-0.39, 0.29) is 6.03 Å². The number of carbonyl (C=O) groups excluding carboxylic acids is 1. The lowest BCUT2D eigenvalue weighted by molar-refractivity contribution is 0.250. The van der Waals surface area contributed by atoms with E-state index in [9.17, 15) is 4.79 Å². The molecule has 2 amide bonds. The van der Waals surface area contributed by atoms with E-state index in [0.29, 0.717) is 6.54 Å². The number of hydrazine groups is 1. The number of carbonyl (C=O) groups is 1. The van der Waals surface area contributed by atoms with Gasteiger partial charge in [-0.05, 0) is 25.5 Å². The van der Waals surface area contributed by atoms with Crippen molar-refractivity contribution < 1.29 is 4.79 Å². The molecule has 0 atom stereocenters. The topological polar surface area (TPSA) is 65.5 Å². The molecule has 20 heavy (non-hydrogen) atoms. The lowest BCUT2D eigenvalue weighted by Gasteiger charge is -2.11. The molecule has 0 unspecified atom stereocenters. The number of anilines is 1. The second-order valence-corrected chi connectivity index (χ2v) is 5.14. The Labute approximate surface area is 124 Å². The fourth-order valence-electron chi connectivity index (χ4n) is 1.37. The summed E-state index contributed by atoms with van der Waals surface area (Å²) in [4.78, 5) is 16.0. The molecule has 0 aliphatic heterocycles. The smallest absolute Gasteiger partial charge is 0.307 e. The number of aliphatic imine (C=N–C) groups is 1. The van der Waals surface area contributed by atoms with Crippen LogP contribution < -0.4 is 16.2 Å². The Morgan fingerprint density at radius 2 is 1.95 bits per heavy atom. The molecule has 0 aliphatic carbocycles. The van der Waals surface area contributed by atoms with Gasteiger partial charge < -0.3 is 5.32 Å². The molecule has 6 heteroatoms. The number of unbranched alkanes of at least 4 members (excludes halogenated alkanes) is 1. The largest absolute Gasteiger partial charge is 0.337 e. The molecule has 0 radical (unpaired) electrons. The van der Waals surface area contributed by atoms with Crippen LogP contribution in [0.2, 0.25) is 0 Å². The zero-order valence-corrected chi connectivity index (χ0v) is 12.8. The zero-order chi connectivity index (χ0) is 14.6. The normalized spacial score (nSPS) is 11.0. The molecule has 1 aromatic rings. The highest BCUT2D eigenvalue weighted by molar-refractivity contribution is 8.13. The number of amides is 2. The van der Waals surface area contributed by atoms with E-state index in [4.69, 9.17) is 0 Å². The lowest BCUT2D eigenvalue weighted by atomic mass is 10.3. The quantitative estimate of drug-likeness (QED) is 0.338. The van der Waals surface area contributed by atoms with E-state index in [0.717, 1.165) is 29.4 Å². The molecule has 0 bridgehead atoms. The molecule has 0 heterocycles. The van der Waals surface area contributed by atoms with Gasteiger partial charge in [-0.15, -0.1) is 0 Å². The number of para-hydroxylation sites is 1. The summed E-state index contributed by atoms with van der Waals surface area (Å²) in [6, 6.07) is 8.99. The third kappa shape index (κ3) is 7.04. The minimum atomic E-state index is -0.309. The van der Waals surface area contributed by atoms with Crippen LogP contribution in [0.15, 0.2) is 35.3 Å². The van der Waals surface area contributed by atoms with Crippen molar-refractivity contribution in [1.82, 2.24) is 10.9 Å². The highest BCUT2D eigenvalue weighted by Gasteiger charge is 2.03. The molecule has 1 rings (SSSR count). The molecule has 5 nitrogen and oxygen atoms in total. The first-order valence-electron chi connectivity index (χ1n) is 6.81. The zero-order valence-electron chi connectivity index (χ0n) is 12.0. The van der Waals surface area contributed by atoms with Crippen LogP contribution in [0.4, 0.5) is 10.5 Å². The second-order valence-electron chi connectivity index (χ2n) is 4.05. The highest BCUT2D eigenvalue weighted by Crippen LogP contribution is 2.06. The van der Waals surface area contributed by atoms with Gasteiger partial charge in [-0.2, -0.15) is 0 Å². The van der Waals surface area contributed by atoms with Crippen LogP contribution >= 0.6 is 11.8 Å². The van der Waals surface area contributed by atoms with Gasteiger partial charge in [-0.25, -0.2) is 10.2 Å². The van der Waals surface area contributed by atoms with Crippen molar-refractivity contribution in [2.75, 3.05) is 17.6 Å². The molecule has 3 N–H and O–H groups in total. The van der Waals surface area contributed by atoms with Crippen LogP contribution in [0.5, 0.6) is 0 Å². The maximum absolute atomic E-state index is 11.7. The summed E-state index contributed by atoms with van der Waals surface area (Å²) < 4.78 is 0. The minimum absolute atomic E-state index is 0.309. The molecule has 110 valence electrons. The van der Waals surface area contributed by atoms with Crippen molar-refractivity contribution in [3.8, 4) is 0 Å². The van der Waals surface area contributed by atoms with Crippen molar-refractivity contribution in [3.63, 3.8) is 0 Å². The standard InChI is InChI=1S/C14H22N4OS/c1-3-5-11-20-14(15-4-2)18-17-13(19)16-12-9-7-6-8-10-12/h6-10H,3-5,11H2,1-2H3,(H,15,18)(H2,16,17,19). The third-order valence-corrected chi connectivity index (χ3v) is 3.35. The number of rotatable bonds is 5. The molecular formula is C14H22N4OS. The van der Waals surface area contributed by atoms with Crippen molar-refractivity contribution in [3.05, 3.63) is 30.3 Å². The van der Waals surface area contributed by atoms with Crippen molar-refractivity contribution in [1.29, 1.82) is 0 Å². The van der Waals surface area contributed by atoms with Crippen LogP contribution in [-0.2, 0) is 0 Å². The van der Waals surface area contributed by atoms with Crippen LogP contribution in [0.1, 0.15) is 26.7 Å². The van der Waals surface area contributed by atoms with E-state index in [1.165, 1.54) is 0 Å². The summed E-state index contributed by atoms with van der Waals surface area (Å²) in [6.07, 6.45) is 2.28. The first kappa shape index (κ1) is 16.4. The minimum Gasteiger partial charge on any atom is -0.307 e. The van der Waals surface area contributed by atoms with Crippen molar-refractivity contribution in [2.24, 2.45) is 4.99 Å². The summed E-state index contributed by atoms with van der Waals surface area (Å²) in [7, 11) is 0. The number of nitrogens with one attached hydrogen (secondary N) is 3. The summed E-state index contributed by atoms with van der Waals surface area (Å²) in [6.45, 7) is 4.80. The van der Waals surface area contributed by atoms with E-state index >= 15 is 0 Å². The van der Waals surface area contributed by atoms with Gasteiger partial charge in [0.05, 0.1) is 0 Å². The van der Waals surface area contributed by atoms with E-state index in [1.54, 1.807) is 11.8 Å². The Kier molecular flexibility index (Phi) is 8.30. The predicted molar refractivity (Wildman–Crippen MR) is 87.1 cm³/mol. The number of hydrogen-bond acceptors (Lipinski definition) is 3. The molecule has 0 aliphatic rings. The SMILES string of the molecule is CCCCSC(=NCC)NNC(=O)Nc1ccccc1. The first-order valence-corrected chi connectivity index (χ1v) is 7.80. The van der Waals surface area contributed by atoms with E-state index in [1.807, 2.05) is 37.3 Å². The van der Waals surface area contributed by atoms with Crippen LogP contribution in [-0.4, -0.2) is 23.5 Å². The third-order valence-electron chi connectivity index (χ3n) is 2.35. The number of hydrogen-bond donors (Lipinski definition) is 3. The van der Waals surface area contributed by atoms with Crippen molar-refractivity contribution >= 4 is 28.6 Å². The highest BCUT2D eigenvalue weighted by atomic mass is 32.2.